The molecule has 22 heavy (non-hydrogen) atoms. The molecular formula is C12H18N2O6S2. The number of esters is 1. The number of nitrogens with zero attached hydrogens (tertiary/aromatic N) is 1. The van der Waals surface area contributed by atoms with Gasteiger partial charge < -0.3 is 4.74 Å². The number of hydrogen-bond donors (Lipinski definition) is 1. The van der Waals surface area contributed by atoms with Crippen LogP contribution in [0.25, 0.3) is 0 Å². The zero-order valence-electron chi connectivity index (χ0n) is 12.4. The molecule has 124 valence electrons. The van der Waals surface area contributed by atoms with Crippen molar-refractivity contribution >= 4 is 31.7 Å². The number of anilines is 1. The van der Waals surface area contributed by atoms with Gasteiger partial charge in [0.25, 0.3) is 0 Å². The van der Waals surface area contributed by atoms with Crippen LogP contribution in [0.4, 0.5) is 5.69 Å². The van der Waals surface area contributed by atoms with Crippen LogP contribution in [0.15, 0.2) is 24.3 Å². The summed E-state index contributed by atoms with van der Waals surface area (Å²) in [7, 11) is -5.84. The predicted molar refractivity (Wildman–Crippen MR) is 82.8 cm³/mol. The topological polar surface area (TPSA) is 110 Å². The van der Waals surface area contributed by atoms with Crippen LogP contribution in [0.3, 0.4) is 0 Å². The van der Waals surface area contributed by atoms with Crippen LogP contribution in [0, 0.1) is 0 Å². The molecule has 1 aromatic rings. The first-order valence-corrected chi connectivity index (χ1v) is 9.89. The van der Waals surface area contributed by atoms with E-state index in [0.29, 0.717) is 0 Å². The molecule has 1 rings (SSSR count). The maximum Gasteiger partial charge on any atom is 0.337 e. The molecule has 0 fully saturated rings. The molecule has 0 spiro atoms. The largest absolute Gasteiger partial charge is 0.465 e. The van der Waals surface area contributed by atoms with Gasteiger partial charge in [-0.3, -0.25) is 4.31 Å². The van der Waals surface area contributed by atoms with Crippen LogP contribution >= 0.6 is 0 Å². The molecule has 0 aliphatic carbocycles. The lowest BCUT2D eigenvalue weighted by atomic mass is 10.2. The Morgan fingerprint density at radius 2 is 1.86 bits per heavy atom. The minimum Gasteiger partial charge on any atom is -0.465 e. The van der Waals surface area contributed by atoms with E-state index in [0.717, 1.165) is 16.8 Å². The maximum absolute atomic E-state index is 11.9. The number of carbonyl (C=O) groups excluding carboxylic acids is 1. The molecule has 0 aliphatic heterocycles. The number of hydrogen-bond acceptors (Lipinski definition) is 6. The Kier molecular flexibility index (Phi) is 5.92. The summed E-state index contributed by atoms with van der Waals surface area (Å²) >= 11 is 0. The van der Waals surface area contributed by atoms with Gasteiger partial charge in [0.05, 0.1) is 30.9 Å². The van der Waals surface area contributed by atoms with Gasteiger partial charge in [-0.25, -0.2) is 26.4 Å². The highest BCUT2D eigenvalue weighted by Gasteiger charge is 2.19. The zero-order valence-corrected chi connectivity index (χ0v) is 14.1. The summed E-state index contributed by atoms with van der Waals surface area (Å²) in [6.45, 7) is -0.190. The number of carbonyl (C=O) groups is 1. The summed E-state index contributed by atoms with van der Waals surface area (Å²) in [5, 5.41) is 0. The van der Waals surface area contributed by atoms with Crippen LogP contribution in [-0.2, 0) is 24.8 Å². The fourth-order valence-electron chi connectivity index (χ4n) is 1.72. The molecule has 0 aliphatic rings. The first kappa shape index (κ1) is 18.4. The van der Waals surface area contributed by atoms with E-state index in [2.05, 4.69) is 9.46 Å². The van der Waals surface area contributed by atoms with Crippen molar-refractivity contribution in [1.29, 1.82) is 0 Å². The first-order chi connectivity index (χ1) is 10.0. The Labute approximate surface area is 130 Å². The van der Waals surface area contributed by atoms with Crippen molar-refractivity contribution in [2.75, 3.05) is 37.0 Å². The Hall–Kier alpha value is -1.65. The normalized spacial score (nSPS) is 12.0. The second-order valence-electron chi connectivity index (χ2n) is 4.54. The van der Waals surface area contributed by atoms with E-state index in [1.807, 2.05) is 0 Å². The van der Waals surface area contributed by atoms with Crippen molar-refractivity contribution < 1.29 is 26.4 Å². The minimum absolute atomic E-state index is 0.0889. The van der Waals surface area contributed by atoms with E-state index < -0.39 is 26.0 Å². The van der Waals surface area contributed by atoms with E-state index in [1.54, 1.807) is 0 Å². The van der Waals surface area contributed by atoms with E-state index in [1.165, 1.54) is 31.4 Å². The highest BCUT2D eigenvalue weighted by Crippen LogP contribution is 2.19. The number of nitrogens with one attached hydrogen (secondary N) is 1. The average Bonchev–Trinajstić information content (AvgIpc) is 2.40. The zero-order chi connectivity index (χ0) is 17.0. The van der Waals surface area contributed by atoms with Gasteiger partial charge in [-0.05, 0) is 18.2 Å². The number of benzene rings is 1. The monoisotopic (exact) mass is 350 g/mol. The van der Waals surface area contributed by atoms with Crippen LogP contribution < -0.4 is 9.03 Å². The Balaban J connectivity index is 3.06. The van der Waals surface area contributed by atoms with Crippen molar-refractivity contribution in [3.63, 3.8) is 0 Å². The van der Waals surface area contributed by atoms with Gasteiger partial charge in [-0.2, -0.15) is 0 Å². The van der Waals surface area contributed by atoms with Gasteiger partial charge in [0, 0.05) is 13.1 Å². The summed E-state index contributed by atoms with van der Waals surface area (Å²) in [5.41, 5.74) is 0.449. The summed E-state index contributed by atoms with van der Waals surface area (Å²) in [6.07, 6.45) is 1.98. The molecule has 0 unspecified atom stereocenters. The van der Waals surface area contributed by atoms with Crippen molar-refractivity contribution in [3.05, 3.63) is 29.8 Å². The average molecular weight is 350 g/mol. The van der Waals surface area contributed by atoms with Gasteiger partial charge in [-0.15, -0.1) is 0 Å². The molecule has 1 N–H and O–H groups in total. The van der Waals surface area contributed by atoms with Gasteiger partial charge in [0.1, 0.15) is 0 Å². The maximum atomic E-state index is 11.9. The summed E-state index contributed by atoms with van der Waals surface area (Å²) < 4.78 is 53.6. The molecule has 1 aromatic carbocycles. The Morgan fingerprint density at radius 3 is 2.36 bits per heavy atom. The lowest BCUT2D eigenvalue weighted by Crippen LogP contribution is -2.37. The number of methoxy groups -OCH3 is 1. The van der Waals surface area contributed by atoms with Crippen LogP contribution in [0.2, 0.25) is 0 Å². The number of rotatable bonds is 7. The molecule has 0 radical (unpaired) electrons. The molecule has 0 aromatic heterocycles. The smallest absolute Gasteiger partial charge is 0.337 e. The molecule has 10 heteroatoms. The van der Waals surface area contributed by atoms with E-state index in [9.17, 15) is 21.6 Å². The van der Waals surface area contributed by atoms with Crippen molar-refractivity contribution in [1.82, 2.24) is 4.72 Å². The molecule has 0 amide bonds. The second-order valence-corrected chi connectivity index (χ2v) is 8.28. The number of sulfonamides is 2. The first-order valence-electron chi connectivity index (χ1n) is 6.15. The van der Waals surface area contributed by atoms with Gasteiger partial charge in [0.15, 0.2) is 0 Å². The molecule has 0 saturated heterocycles. The van der Waals surface area contributed by atoms with Crippen LogP contribution in [0.1, 0.15) is 10.4 Å². The third kappa shape index (κ3) is 5.62. The lowest BCUT2D eigenvalue weighted by molar-refractivity contribution is 0.0600. The highest BCUT2D eigenvalue weighted by molar-refractivity contribution is 7.92. The second kappa shape index (κ2) is 7.07. The number of ether oxygens (including phenoxy) is 1. The van der Waals surface area contributed by atoms with E-state index >= 15 is 0 Å². The van der Waals surface area contributed by atoms with E-state index in [-0.39, 0.29) is 24.3 Å². The molecule has 0 atom stereocenters. The predicted octanol–water partition coefficient (Wildman–Crippen LogP) is -0.212. The summed E-state index contributed by atoms with van der Waals surface area (Å²) in [4.78, 5) is 11.5. The SMILES string of the molecule is COC(=O)c1cccc(N(CCNS(C)(=O)=O)S(C)(=O)=O)c1. The van der Waals surface area contributed by atoms with E-state index in [4.69, 9.17) is 0 Å². The Bertz CT molecular complexity index is 743. The molecular weight excluding hydrogens is 332 g/mol. The van der Waals surface area contributed by atoms with Gasteiger partial charge in [0.2, 0.25) is 20.0 Å². The fourth-order valence-corrected chi connectivity index (χ4v) is 3.11. The van der Waals surface area contributed by atoms with Crippen LogP contribution in [0.5, 0.6) is 0 Å². The lowest BCUT2D eigenvalue weighted by Gasteiger charge is -2.22. The standard InChI is InChI=1S/C12H18N2O6S2/c1-20-12(15)10-5-4-6-11(9-10)14(22(3,18)19)8-7-13-21(2,16)17/h4-6,9,13H,7-8H2,1-3H3. The van der Waals surface area contributed by atoms with Crippen LogP contribution in [-0.4, -0.2) is 55.5 Å². The quantitative estimate of drug-likeness (QED) is 0.681. The summed E-state index contributed by atoms with van der Waals surface area (Å²) in [5.74, 6) is -0.593. The van der Waals surface area contributed by atoms with Crippen molar-refractivity contribution in [2.24, 2.45) is 0 Å². The van der Waals surface area contributed by atoms with Gasteiger partial charge >= 0.3 is 5.97 Å². The third-order valence-electron chi connectivity index (χ3n) is 2.63. The fraction of sp³-hybridized carbons (Fsp3) is 0.417. The molecule has 0 bridgehead atoms. The van der Waals surface area contributed by atoms with Crippen molar-refractivity contribution in [2.45, 2.75) is 0 Å². The molecule has 0 heterocycles. The Morgan fingerprint density at radius 1 is 1.23 bits per heavy atom. The minimum atomic E-state index is -3.64. The highest BCUT2D eigenvalue weighted by atomic mass is 32.2. The third-order valence-corrected chi connectivity index (χ3v) is 4.56. The van der Waals surface area contributed by atoms with Gasteiger partial charge in [-0.1, -0.05) is 6.07 Å². The van der Waals surface area contributed by atoms with Crippen molar-refractivity contribution in [3.8, 4) is 0 Å². The molecule has 0 saturated carbocycles. The summed E-state index contributed by atoms with van der Waals surface area (Å²) in [6, 6.07) is 5.88. The molecule has 8 nitrogen and oxygen atoms in total.